The molecule has 1 fully saturated rings. The Morgan fingerprint density at radius 3 is 2.88 bits per heavy atom. The lowest BCUT2D eigenvalue weighted by atomic mass is 10.1. The SMILES string of the molecule is CCc1nc(CCNC(=O)c2ccc([C@@H](C)N3CCCCC3)o2)cs1. The van der Waals surface area contributed by atoms with Crippen LogP contribution < -0.4 is 5.32 Å². The van der Waals surface area contributed by atoms with Crippen molar-refractivity contribution in [2.24, 2.45) is 0 Å². The first-order chi connectivity index (χ1) is 12.2. The zero-order chi connectivity index (χ0) is 17.6. The van der Waals surface area contributed by atoms with E-state index in [9.17, 15) is 4.79 Å². The summed E-state index contributed by atoms with van der Waals surface area (Å²) in [5, 5.41) is 6.13. The van der Waals surface area contributed by atoms with Crippen molar-refractivity contribution in [3.63, 3.8) is 0 Å². The summed E-state index contributed by atoms with van der Waals surface area (Å²) in [4.78, 5) is 19.2. The number of rotatable bonds is 7. The number of furan rings is 1. The fraction of sp³-hybridized carbons (Fsp3) is 0.579. The molecular weight excluding hydrogens is 334 g/mol. The molecule has 1 amide bonds. The summed E-state index contributed by atoms with van der Waals surface area (Å²) in [5.74, 6) is 1.12. The van der Waals surface area contributed by atoms with Crippen LogP contribution in [0.4, 0.5) is 0 Å². The molecule has 2 aromatic rings. The van der Waals surface area contributed by atoms with Gasteiger partial charge in [0.2, 0.25) is 0 Å². The number of aromatic nitrogens is 1. The Morgan fingerprint density at radius 2 is 2.16 bits per heavy atom. The van der Waals surface area contributed by atoms with E-state index in [1.54, 1.807) is 17.4 Å². The topological polar surface area (TPSA) is 58.4 Å². The van der Waals surface area contributed by atoms with Crippen molar-refractivity contribution in [2.45, 2.75) is 52.0 Å². The number of amides is 1. The minimum absolute atomic E-state index is 0.150. The highest BCUT2D eigenvalue weighted by molar-refractivity contribution is 7.09. The standard InChI is InChI=1S/C19H27N3O2S/c1-3-18-21-15(13-25-18)9-10-20-19(23)17-8-7-16(24-17)14(2)22-11-5-4-6-12-22/h7-8,13-14H,3-6,9-12H2,1-2H3,(H,20,23)/t14-/m1/s1. The number of carbonyl (C=O) groups excluding carboxylic acids is 1. The molecule has 1 aliphatic heterocycles. The molecule has 0 aliphatic carbocycles. The first kappa shape index (κ1) is 18.1. The zero-order valence-electron chi connectivity index (χ0n) is 15.1. The Balaban J connectivity index is 1.49. The minimum Gasteiger partial charge on any atom is -0.454 e. The summed E-state index contributed by atoms with van der Waals surface area (Å²) in [5.41, 5.74) is 1.04. The molecular formula is C19H27N3O2S. The highest BCUT2D eigenvalue weighted by Gasteiger charge is 2.22. The number of carbonyl (C=O) groups is 1. The normalized spacial score (nSPS) is 16.7. The third-order valence-electron chi connectivity index (χ3n) is 4.77. The number of nitrogens with one attached hydrogen (secondary N) is 1. The predicted molar refractivity (Wildman–Crippen MR) is 100 cm³/mol. The molecule has 136 valence electrons. The van der Waals surface area contributed by atoms with Crippen molar-refractivity contribution in [2.75, 3.05) is 19.6 Å². The zero-order valence-corrected chi connectivity index (χ0v) is 15.9. The van der Waals surface area contributed by atoms with Crippen LogP contribution in [0.1, 0.15) is 66.2 Å². The Labute approximate surface area is 153 Å². The monoisotopic (exact) mass is 361 g/mol. The van der Waals surface area contributed by atoms with Crippen LogP contribution in [0.2, 0.25) is 0 Å². The van der Waals surface area contributed by atoms with Crippen molar-refractivity contribution in [3.8, 4) is 0 Å². The van der Waals surface area contributed by atoms with E-state index in [2.05, 4.69) is 34.4 Å². The first-order valence-corrected chi connectivity index (χ1v) is 10.1. The van der Waals surface area contributed by atoms with E-state index in [0.29, 0.717) is 12.3 Å². The van der Waals surface area contributed by atoms with Crippen LogP contribution in [0.5, 0.6) is 0 Å². The van der Waals surface area contributed by atoms with Crippen molar-refractivity contribution in [1.29, 1.82) is 0 Å². The molecule has 0 unspecified atom stereocenters. The van der Waals surface area contributed by atoms with Crippen LogP contribution in [0.3, 0.4) is 0 Å². The molecule has 6 heteroatoms. The van der Waals surface area contributed by atoms with Gasteiger partial charge in [0.05, 0.1) is 16.7 Å². The van der Waals surface area contributed by atoms with E-state index in [1.807, 2.05) is 6.07 Å². The molecule has 0 saturated carbocycles. The predicted octanol–water partition coefficient (Wildman–Crippen LogP) is 3.82. The lowest BCUT2D eigenvalue weighted by molar-refractivity contribution is 0.0917. The largest absolute Gasteiger partial charge is 0.454 e. The number of piperidine rings is 1. The Hall–Kier alpha value is -1.66. The van der Waals surface area contributed by atoms with Crippen molar-refractivity contribution in [3.05, 3.63) is 39.7 Å². The minimum atomic E-state index is -0.150. The van der Waals surface area contributed by atoms with E-state index in [1.165, 1.54) is 19.3 Å². The van der Waals surface area contributed by atoms with Crippen LogP contribution in [0, 0.1) is 0 Å². The van der Waals surface area contributed by atoms with Gasteiger partial charge in [-0.25, -0.2) is 4.98 Å². The number of likely N-dealkylation sites (tertiary alicyclic amines) is 1. The van der Waals surface area contributed by atoms with E-state index in [-0.39, 0.29) is 11.9 Å². The van der Waals surface area contributed by atoms with Crippen molar-refractivity contribution in [1.82, 2.24) is 15.2 Å². The summed E-state index contributed by atoms with van der Waals surface area (Å²) >= 11 is 1.68. The van der Waals surface area contributed by atoms with Gasteiger partial charge in [-0.05, 0) is 51.4 Å². The Morgan fingerprint density at radius 1 is 1.36 bits per heavy atom. The molecule has 0 radical (unpaired) electrons. The molecule has 25 heavy (non-hydrogen) atoms. The Kier molecular flexibility index (Phi) is 6.26. The molecule has 1 aliphatic rings. The highest BCUT2D eigenvalue weighted by Crippen LogP contribution is 2.25. The number of nitrogens with zero attached hydrogens (tertiary/aromatic N) is 2. The third-order valence-corrected chi connectivity index (χ3v) is 5.81. The molecule has 0 bridgehead atoms. The molecule has 3 heterocycles. The molecule has 0 spiro atoms. The van der Waals surface area contributed by atoms with E-state index in [4.69, 9.17) is 4.42 Å². The maximum Gasteiger partial charge on any atom is 0.287 e. The third kappa shape index (κ3) is 4.70. The van der Waals surface area contributed by atoms with E-state index < -0.39 is 0 Å². The number of hydrogen-bond acceptors (Lipinski definition) is 5. The summed E-state index contributed by atoms with van der Waals surface area (Å²) in [6.07, 6.45) is 5.51. The summed E-state index contributed by atoms with van der Waals surface area (Å²) in [6.45, 7) is 7.04. The smallest absolute Gasteiger partial charge is 0.287 e. The quantitative estimate of drug-likeness (QED) is 0.814. The van der Waals surface area contributed by atoms with Crippen molar-refractivity contribution >= 4 is 17.2 Å². The van der Waals surface area contributed by atoms with Gasteiger partial charge in [0.15, 0.2) is 5.76 Å². The summed E-state index contributed by atoms with van der Waals surface area (Å²) in [6, 6.07) is 3.94. The second-order valence-electron chi connectivity index (χ2n) is 6.57. The lowest BCUT2D eigenvalue weighted by Crippen LogP contribution is -2.32. The van der Waals surface area contributed by atoms with Gasteiger partial charge in [-0.2, -0.15) is 0 Å². The molecule has 5 nitrogen and oxygen atoms in total. The molecule has 2 aromatic heterocycles. The van der Waals surface area contributed by atoms with Gasteiger partial charge in [-0.3, -0.25) is 9.69 Å². The van der Waals surface area contributed by atoms with Gasteiger partial charge < -0.3 is 9.73 Å². The van der Waals surface area contributed by atoms with Crippen LogP contribution in [-0.2, 0) is 12.8 Å². The van der Waals surface area contributed by atoms with Gasteiger partial charge in [0.1, 0.15) is 5.76 Å². The lowest BCUT2D eigenvalue weighted by Gasteiger charge is -2.31. The van der Waals surface area contributed by atoms with Gasteiger partial charge >= 0.3 is 0 Å². The maximum absolute atomic E-state index is 12.3. The second-order valence-corrected chi connectivity index (χ2v) is 7.51. The van der Waals surface area contributed by atoms with Gasteiger partial charge in [0, 0.05) is 18.3 Å². The van der Waals surface area contributed by atoms with E-state index in [0.717, 1.165) is 42.4 Å². The van der Waals surface area contributed by atoms with Crippen LogP contribution in [0.25, 0.3) is 0 Å². The highest BCUT2D eigenvalue weighted by atomic mass is 32.1. The fourth-order valence-electron chi connectivity index (χ4n) is 3.20. The Bertz CT molecular complexity index is 688. The first-order valence-electron chi connectivity index (χ1n) is 9.22. The molecule has 3 rings (SSSR count). The fourth-order valence-corrected chi connectivity index (χ4v) is 3.98. The molecule has 1 atom stereocenters. The van der Waals surface area contributed by atoms with Crippen LogP contribution >= 0.6 is 11.3 Å². The number of thiazole rings is 1. The number of aryl methyl sites for hydroxylation is 1. The maximum atomic E-state index is 12.3. The molecule has 1 saturated heterocycles. The van der Waals surface area contributed by atoms with Gasteiger partial charge in [-0.1, -0.05) is 13.3 Å². The summed E-state index contributed by atoms with van der Waals surface area (Å²) < 4.78 is 5.82. The number of hydrogen-bond donors (Lipinski definition) is 1. The van der Waals surface area contributed by atoms with Crippen LogP contribution in [-0.4, -0.2) is 35.4 Å². The van der Waals surface area contributed by atoms with E-state index >= 15 is 0 Å². The average molecular weight is 362 g/mol. The second kappa shape index (κ2) is 8.63. The van der Waals surface area contributed by atoms with Gasteiger partial charge in [-0.15, -0.1) is 11.3 Å². The van der Waals surface area contributed by atoms with Crippen molar-refractivity contribution < 1.29 is 9.21 Å². The molecule has 0 aromatic carbocycles. The van der Waals surface area contributed by atoms with Crippen LogP contribution in [0.15, 0.2) is 21.9 Å². The molecule has 1 N–H and O–H groups in total. The summed E-state index contributed by atoms with van der Waals surface area (Å²) in [7, 11) is 0. The van der Waals surface area contributed by atoms with Gasteiger partial charge in [0.25, 0.3) is 5.91 Å². The average Bonchev–Trinajstić information content (AvgIpc) is 3.31.